The van der Waals surface area contributed by atoms with Crippen LogP contribution in [-0.4, -0.2) is 16.2 Å². The van der Waals surface area contributed by atoms with Crippen molar-refractivity contribution in [2.45, 2.75) is 72.8 Å². The molecule has 5 nitrogen and oxygen atoms in total. The van der Waals surface area contributed by atoms with Crippen LogP contribution < -0.4 is 14.5 Å². The molecule has 0 saturated heterocycles. The van der Waals surface area contributed by atoms with E-state index in [0.29, 0.717) is 0 Å². The van der Waals surface area contributed by atoms with Crippen LogP contribution in [0, 0.1) is 13.8 Å². The number of aryl methyl sites for hydroxylation is 2. The molecule has 5 heteroatoms. The minimum Gasteiger partial charge on any atom is -0.457 e. The highest BCUT2D eigenvalue weighted by molar-refractivity contribution is 6.09. The van der Waals surface area contributed by atoms with Crippen LogP contribution in [0.3, 0.4) is 0 Å². The zero-order valence-electron chi connectivity index (χ0n) is 31.7. The summed E-state index contributed by atoms with van der Waals surface area (Å²) in [5.41, 5.74) is 12.4. The van der Waals surface area contributed by atoms with E-state index in [0.717, 1.165) is 47.3 Å². The third kappa shape index (κ3) is 6.19. The average Bonchev–Trinajstić information content (AvgIpc) is 3.62. The second-order valence-corrected chi connectivity index (χ2v) is 16.4. The first-order valence-corrected chi connectivity index (χ1v) is 18.3. The van der Waals surface area contributed by atoms with Gasteiger partial charge in [0.1, 0.15) is 17.3 Å². The van der Waals surface area contributed by atoms with Gasteiger partial charge in [0.05, 0.1) is 29.1 Å². The Morgan fingerprint density at radius 1 is 0.615 bits per heavy atom. The fourth-order valence-corrected chi connectivity index (χ4v) is 7.41. The fraction of sp³-hybridized carbons (Fsp3) is 0.255. The van der Waals surface area contributed by atoms with E-state index in [1.165, 1.54) is 50.0 Å². The molecule has 1 aliphatic rings. The van der Waals surface area contributed by atoms with E-state index < -0.39 is 0 Å². The van der Waals surface area contributed by atoms with Crippen molar-refractivity contribution in [2.24, 2.45) is 0 Å². The van der Waals surface area contributed by atoms with Crippen LogP contribution in [0.4, 0.5) is 17.1 Å². The molecule has 1 aliphatic heterocycles. The maximum atomic E-state index is 6.68. The van der Waals surface area contributed by atoms with E-state index in [9.17, 15) is 0 Å². The third-order valence-electron chi connectivity index (χ3n) is 10.6. The van der Waals surface area contributed by atoms with Crippen molar-refractivity contribution in [2.75, 3.05) is 16.5 Å². The molecule has 3 heterocycles. The lowest BCUT2D eigenvalue weighted by Gasteiger charge is -2.24. The van der Waals surface area contributed by atoms with Gasteiger partial charge < -0.3 is 14.5 Å². The van der Waals surface area contributed by atoms with Gasteiger partial charge >= 0.3 is 0 Å². The molecule has 0 fully saturated rings. The predicted molar refractivity (Wildman–Crippen MR) is 218 cm³/mol. The molecule has 7 aromatic rings. The van der Waals surface area contributed by atoms with E-state index >= 15 is 0 Å². The minimum atomic E-state index is 0.0114. The van der Waals surface area contributed by atoms with Crippen molar-refractivity contribution < 1.29 is 4.74 Å². The Balaban J connectivity index is 1.13. The van der Waals surface area contributed by atoms with Gasteiger partial charge in [-0.15, -0.1) is 0 Å². The monoisotopic (exact) mass is 684 g/mol. The van der Waals surface area contributed by atoms with Crippen LogP contribution in [0.5, 0.6) is 11.5 Å². The number of aromatic nitrogens is 2. The second kappa shape index (κ2) is 12.6. The predicted octanol–water partition coefficient (Wildman–Crippen LogP) is 12.3. The molecule has 8 rings (SSSR count). The van der Waals surface area contributed by atoms with Gasteiger partial charge in [-0.1, -0.05) is 90.1 Å². The van der Waals surface area contributed by atoms with Gasteiger partial charge in [0.15, 0.2) is 0 Å². The Morgan fingerprint density at radius 2 is 1.31 bits per heavy atom. The highest BCUT2D eigenvalue weighted by atomic mass is 16.5. The lowest BCUT2D eigenvalue weighted by molar-refractivity contribution is 0.483. The number of fused-ring (bicyclic) bond motifs is 4. The minimum absolute atomic E-state index is 0.0114. The zero-order chi connectivity index (χ0) is 36.4. The number of para-hydroxylation sites is 1. The van der Waals surface area contributed by atoms with E-state index in [2.05, 4.69) is 179 Å². The van der Waals surface area contributed by atoms with E-state index in [-0.39, 0.29) is 10.8 Å². The molecular weight excluding hydrogens is 637 g/mol. The summed E-state index contributed by atoms with van der Waals surface area (Å²) in [6.45, 7) is 19.6. The highest BCUT2D eigenvalue weighted by Crippen LogP contribution is 2.44. The molecular formula is C47H48N4O. The molecule has 0 bridgehead atoms. The molecule has 0 amide bonds. The smallest absolute Gasteiger partial charge is 0.137 e. The van der Waals surface area contributed by atoms with Crippen molar-refractivity contribution in [3.05, 3.63) is 149 Å². The first-order chi connectivity index (χ1) is 24.8. The molecule has 5 aromatic carbocycles. The van der Waals surface area contributed by atoms with E-state index in [4.69, 9.17) is 9.72 Å². The lowest BCUT2D eigenvalue weighted by Crippen LogP contribution is -2.27. The Hall–Kier alpha value is -5.55. The number of ether oxygens (including phenoxy) is 1. The second-order valence-electron chi connectivity index (χ2n) is 16.4. The Labute approximate surface area is 308 Å². The summed E-state index contributed by atoms with van der Waals surface area (Å²) in [5, 5.41) is 2.37. The van der Waals surface area contributed by atoms with Crippen LogP contribution >= 0.6 is 0 Å². The summed E-state index contributed by atoms with van der Waals surface area (Å²) in [6.07, 6.45) is 1.92. The largest absolute Gasteiger partial charge is 0.457 e. The Kier molecular flexibility index (Phi) is 8.13. The molecule has 0 aliphatic carbocycles. The van der Waals surface area contributed by atoms with Crippen LogP contribution in [0.1, 0.15) is 69.4 Å². The van der Waals surface area contributed by atoms with Crippen molar-refractivity contribution in [1.29, 1.82) is 0 Å². The number of pyridine rings is 1. The molecule has 262 valence electrons. The van der Waals surface area contributed by atoms with Gasteiger partial charge in [-0.2, -0.15) is 0 Å². The van der Waals surface area contributed by atoms with Gasteiger partial charge in [0.2, 0.25) is 0 Å². The summed E-state index contributed by atoms with van der Waals surface area (Å²) in [5.74, 6) is 2.49. The first kappa shape index (κ1) is 33.6. The number of hydrogen-bond acceptors (Lipinski definition) is 4. The van der Waals surface area contributed by atoms with Crippen LogP contribution in [0.25, 0.3) is 27.6 Å². The molecule has 0 unspecified atom stereocenters. The Bertz CT molecular complexity index is 2460. The standard InChI is InChI=1S/C47H48N4O/c1-31-23-43-44(24-32(31)2)50(30-49(43)29-33-13-11-14-34(25-33)46(3,4)5)36-15-12-16-37(27-36)52-38-19-20-40-39-17-9-10-18-41(39)51(42(40)28-38)45-26-35(21-22-48-45)47(6,7)8/h9-28H,29-30H2,1-8H3. The number of benzene rings is 5. The molecule has 2 aromatic heterocycles. The number of nitrogens with zero attached hydrogens (tertiary/aromatic N) is 4. The van der Waals surface area contributed by atoms with Crippen LogP contribution in [0.15, 0.2) is 121 Å². The van der Waals surface area contributed by atoms with Crippen LogP contribution in [-0.2, 0) is 17.4 Å². The zero-order valence-corrected chi connectivity index (χ0v) is 31.7. The maximum absolute atomic E-state index is 6.68. The van der Waals surface area contributed by atoms with Crippen molar-refractivity contribution in [3.63, 3.8) is 0 Å². The lowest BCUT2D eigenvalue weighted by atomic mass is 9.86. The third-order valence-corrected chi connectivity index (χ3v) is 10.6. The SMILES string of the molecule is Cc1cc2c(cc1C)N(c1cccc(Oc3ccc4c5ccccc5n(-c5cc(C(C)(C)C)ccn5)c4c3)c1)CN2Cc1cccc(C(C)(C)C)c1. The van der Waals surface area contributed by atoms with Gasteiger partial charge in [0, 0.05) is 41.3 Å². The summed E-state index contributed by atoms with van der Waals surface area (Å²) in [6, 6.07) is 41.5. The van der Waals surface area contributed by atoms with E-state index in [1.54, 1.807) is 0 Å². The molecule has 0 N–H and O–H groups in total. The molecule has 0 spiro atoms. The summed E-state index contributed by atoms with van der Waals surface area (Å²) >= 11 is 0. The summed E-state index contributed by atoms with van der Waals surface area (Å²) in [7, 11) is 0. The van der Waals surface area contributed by atoms with Crippen molar-refractivity contribution in [3.8, 4) is 17.3 Å². The fourth-order valence-electron chi connectivity index (χ4n) is 7.41. The highest BCUT2D eigenvalue weighted by Gasteiger charge is 2.29. The maximum Gasteiger partial charge on any atom is 0.137 e. The summed E-state index contributed by atoms with van der Waals surface area (Å²) in [4.78, 5) is 9.76. The molecule has 0 radical (unpaired) electrons. The van der Waals surface area contributed by atoms with Gasteiger partial charge in [-0.05, 0) is 107 Å². The topological polar surface area (TPSA) is 33.5 Å². The first-order valence-electron chi connectivity index (χ1n) is 18.3. The van der Waals surface area contributed by atoms with Crippen molar-refractivity contribution >= 4 is 38.9 Å². The number of anilines is 3. The van der Waals surface area contributed by atoms with Crippen molar-refractivity contribution in [1.82, 2.24) is 9.55 Å². The normalized spacial score (nSPS) is 13.3. The van der Waals surface area contributed by atoms with Crippen LogP contribution in [0.2, 0.25) is 0 Å². The molecule has 0 saturated carbocycles. The Morgan fingerprint density at radius 3 is 2.10 bits per heavy atom. The number of hydrogen-bond donors (Lipinski definition) is 0. The summed E-state index contributed by atoms with van der Waals surface area (Å²) < 4.78 is 8.94. The average molecular weight is 685 g/mol. The van der Waals surface area contributed by atoms with Gasteiger partial charge in [0.25, 0.3) is 0 Å². The van der Waals surface area contributed by atoms with E-state index in [1.807, 2.05) is 12.3 Å². The molecule has 52 heavy (non-hydrogen) atoms. The molecule has 0 atom stereocenters. The number of rotatable bonds is 6. The van der Waals surface area contributed by atoms with Gasteiger partial charge in [-0.25, -0.2) is 4.98 Å². The quantitative estimate of drug-likeness (QED) is 0.175. The van der Waals surface area contributed by atoms with Gasteiger partial charge in [-0.3, -0.25) is 4.57 Å².